The van der Waals surface area contributed by atoms with Crippen LogP contribution in [0.1, 0.15) is 16.7 Å². The normalized spacial score (nSPS) is 11.5. The molecule has 0 saturated heterocycles. The first-order valence-electron chi connectivity index (χ1n) is 6.74. The molecule has 1 heterocycles. The maximum Gasteiger partial charge on any atom is 0.200 e. The fraction of sp³-hybridized carbons (Fsp3) is 0.176. The lowest BCUT2D eigenvalue weighted by Crippen LogP contribution is -2.06. The zero-order valence-electron chi connectivity index (χ0n) is 12.5. The molecule has 0 N–H and O–H groups in total. The molecule has 1 aromatic heterocycles. The topological polar surface area (TPSA) is 0 Å². The zero-order chi connectivity index (χ0) is 17.0. The first kappa shape index (κ1) is 15.9. The lowest BCUT2D eigenvalue weighted by molar-refractivity contribution is 0.381. The van der Waals surface area contributed by atoms with E-state index < -0.39 is 34.6 Å². The van der Waals surface area contributed by atoms with Gasteiger partial charge in [0.05, 0.1) is 5.56 Å². The molecule has 0 amide bonds. The van der Waals surface area contributed by atoms with E-state index in [9.17, 15) is 22.0 Å². The summed E-state index contributed by atoms with van der Waals surface area (Å²) in [7, 11) is 0. The third kappa shape index (κ3) is 2.08. The van der Waals surface area contributed by atoms with Gasteiger partial charge in [-0.2, -0.15) is 11.3 Å². The fourth-order valence-electron chi connectivity index (χ4n) is 2.88. The Morgan fingerprint density at radius 1 is 0.565 bits per heavy atom. The maximum absolute atomic E-state index is 14.2. The van der Waals surface area contributed by atoms with Gasteiger partial charge in [-0.3, -0.25) is 0 Å². The van der Waals surface area contributed by atoms with E-state index in [4.69, 9.17) is 0 Å². The Morgan fingerprint density at radius 2 is 1.00 bits per heavy atom. The summed E-state index contributed by atoms with van der Waals surface area (Å²) >= 11 is 1.42. The SMILES string of the molecule is Cc1c(-c2c(F)c(F)c(F)c(F)c2F)c(C)c2cscc2c1C. The Bertz CT molecular complexity index is 927. The number of hydrogen-bond acceptors (Lipinski definition) is 1. The van der Waals surface area contributed by atoms with Gasteiger partial charge in [-0.25, -0.2) is 22.0 Å². The van der Waals surface area contributed by atoms with Crippen molar-refractivity contribution in [1.29, 1.82) is 0 Å². The van der Waals surface area contributed by atoms with Crippen LogP contribution in [0.5, 0.6) is 0 Å². The van der Waals surface area contributed by atoms with Gasteiger partial charge in [0.15, 0.2) is 23.3 Å². The molecule has 23 heavy (non-hydrogen) atoms. The fourth-order valence-corrected chi connectivity index (χ4v) is 3.83. The second kappa shape index (κ2) is 5.30. The molecule has 0 nitrogen and oxygen atoms in total. The van der Waals surface area contributed by atoms with Gasteiger partial charge in [-0.1, -0.05) is 0 Å². The van der Waals surface area contributed by atoms with Gasteiger partial charge in [0.2, 0.25) is 5.82 Å². The van der Waals surface area contributed by atoms with Gasteiger partial charge >= 0.3 is 0 Å². The van der Waals surface area contributed by atoms with Crippen molar-refractivity contribution in [3.63, 3.8) is 0 Å². The number of aryl methyl sites for hydroxylation is 2. The summed E-state index contributed by atoms with van der Waals surface area (Å²) in [6, 6.07) is 0. The Morgan fingerprint density at radius 3 is 1.52 bits per heavy atom. The molecule has 3 aromatic rings. The third-order valence-electron chi connectivity index (χ3n) is 4.24. The lowest BCUT2D eigenvalue weighted by Gasteiger charge is -2.17. The first-order valence-corrected chi connectivity index (χ1v) is 7.69. The number of hydrogen-bond donors (Lipinski definition) is 0. The van der Waals surface area contributed by atoms with Crippen LogP contribution in [0.25, 0.3) is 21.9 Å². The van der Waals surface area contributed by atoms with Crippen LogP contribution in [0.4, 0.5) is 22.0 Å². The monoisotopic (exact) mass is 342 g/mol. The van der Waals surface area contributed by atoms with Crippen LogP contribution in [0.15, 0.2) is 10.8 Å². The van der Waals surface area contributed by atoms with Crippen molar-refractivity contribution in [3.8, 4) is 11.1 Å². The van der Waals surface area contributed by atoms with E-state index in [0.717, 1.165) is 16.3 Å². The molecule has 0 aliphatic heterocycles. The maximum atomic E-state index is 14.2. The Kier molecular flexibility index (Phi) is 3.67. The van der Waals surface area contributed by atoms with Crippen molar-refractivity contribution in [1.82, 2.24) is 0 Å². The minimum atomic E-state index is -2.15. The van der Waals surface area contributed by atoms with Crippen molar-refractivity contribution in [2.75, 3.05) is 0 Å². The molecule has 0 unspecified atom stereocenters. The molecular formula is C17H11F5S. The molecule has 0 aliphatic carbocycles. The van der Waals surface area contributed by atoms with Crippen LogP contribution >= 0.6 is 11.3 Å². The largest absolute Gasteiger partial charge is 0.203 e. The standard InChI is InChI=1S/C17H11F5S/c1-6-7(2)11(8(3)10-5-23-4-9(6)10)12-13(18)15(20)17(22)16(21)14(12)19/h4-5H,1-3H3. The second-order valence-corrected chi connectivity index (χ2v) is 6.14. The molecule has 6 heteroatoms. The van der Waals surface area contributed by atoms with Gasteiger partial charge in [-0.15, -0.1) is 0 Å². The predicted octanol–water partition coefficient (Wildman–Crippen LogP) is 6.19. The molecule has 0 spiro atoms. The van der Waals surface area contributed by atoms with E-state index in [1.54, 1.807) is 26.2 Å². The van der Waals surface area contributed by atoms with Crippen LogP contribution in [-0.2, 0) is 0 Å². The minimum absolute atomic E-state index is 0.0567. The van der Waals surface area contributed by atoms with Crippen LogP contribution < -0.4 is 0 Å². The molecular weight excluding hydrogens is 331 g/mol. The van der Waals surface area contributed by atoms with E-state index >= 15 is 0 Å². The summed E-state index contributed by atoms with van der Waals surface area (Å²) in [5.74, 6) is -9.61. The summed E-state index contributed by atoms with van der Waals surface area (Å²) in [5, 5.41) is 5.36. The highest BCUT2D eigenvalue weighted by atomic mass is 32.1. The van der Waals surface area contributed by atoms with Crippen molar-refractivity contribution in [3.05, 3.63) is 56.5 Å². The highest BCUT2D eigenvalue weighted by Gasteiger charge is 2.29. The number of benzene rings is 2. The van der Waals surface area contributed by atoms with Gasteiger partial charge in [0.1, 0.15) is 0 Å². The summed E-state index contributed by atoms with van der Waals surface area (Å²) in [6.45, 7) is 5.00. The molecule has 0 atom stereocenters. The van der Waals surface area contributed by atoms with Crippen molar-refractivity contribution >= 4 is 22.1 Å². The molecule has 0 bridgehead atoms. The summed E-state index contributed by atoms with van der Waals surface area (Å²) in [6.07, 6.45) is 0. The molecule has 0 aliphatic rings. The summed E-state index contributed by atoms with van der Waals surface area (Å²) in [5.41, 5.74) is 0.934. The highest BCUT2D eigenvalue weighted by Crippen LogP contribution is 2.41. The van der Waals surface area contributed by atoms with Crippen molar-refractivity contribution in [2.45, 2.75) is 20.8 Å². The molecule has 0 radical (unpaired) electrons. The van der Waals surface area contributed by atoms with Crippen LogP contribution in [0.2, 0.25) is 0 Å². The number of fused-ring (bicyclic) bond motifs is 1. The lowest BCUT2D eigenvalue weighted by atomic mass is 9.88. The van der Waals surface area contributed by atoms with Crippen molar-refractivity contribution < 1.29 is 22.0 Å². The molecule has 120 valence electrons. The average molecular weight is 342 g/mol. The van der Waals surface area contributed by atoms with E-state index in [-0.39, 0.29) is 5.56 Å². The second-order valence-electron chi connectivity index (χ2n) is 5.39. The van der Waals surface area contributed by atoms with Gasteiger partial charge in [0.25, 0.3) is 0 Å². The van der Waals surface area contributed by atoms with Crippen LogP contribution in [0, 0.1) is 49.9 Å². The Balaban J connectivity index is 2.53. The van der Waals surface area contributed by atoms with Crippen molar-refractivity contribution in [2.24, 2.45) is 0 Å². The summed E-state index contributed by atoms with van der Waals surface area (Å²) < 4.78 is 68.7. The molecule has 0 saturated carbocycles. The zero-order valence-corrected chi connectivity index (χ0v) is 13.3. The first-order chi connectivity index (χ1) is 10.8. The van der Waals surface area contributed by atoms with Crippen LogP contribution in [-0.4, -0.2) is 0 Å². The smallest absolute Gasteiger partial charge is 0.200 e. The number of halogens is 5. The molecule has 2 aromatic carbocycles. The third-order valence-corrected chi connectivity index (χ3v) is 4.99. The van der Waals surface area contributed by atoms with Gasteiger partial charge < -0.3 is 0 Å². The highest BCUT2D eigenvalue weighted by molar-refractivity contribution is 7.09. The minimum Gasteiger partial charge on any atom is -0.203 e. The molecule has 3 rings (SSSR count). The quantitative estimate of drug-likeness (QED) is 0.281. The summed E-state index contributed by atoms with van der Waals surface area (Å²) in [4.78, 5) is 0. The number of thiophene rings is 1. The Labute approximate surface area is 133 Å². The average Bonchev–Trinajstić information content (AvgIpc) is 3.02. The van der Waals surface area contributed by atoms with E-state index in [1.807, 2.05) is 5.38 Å². The van der Waals surface area contributed by atoms with E-state index in [2.05, 4.69) is 0 Å². The number of rotatable bonds is 1. The van der Waals surface area contributed by atoms with E-state index in [1.165, 1.54) is 11.3 Å². The van der Waals surface area contributed by atoms with Gasteiger partial charge in [-0.05, 0) is 64.6 Å². The van der Waals surface area contributed by atoms with Crippen LogP contribution in [0.3, 0.4) is 0 Å². The molecule has 0 fully saturated rings. The van der Waals surface area contributed by atoms with E-state index in [0.29, 0.717) is 11.1 Å². The Hall–Kier alpha value is -1.95. The van der Waals surface area contributed by atoms with Gasteiger partial charge in [0, 0.05) is 0 Å². The predicted molar refractivity (Wildman–Crippen MR) is 81.3 cm³/mol.